The van der Waals surface area contributed by atoms with Gasteiger partial charge in [0.25, 0.3) is 5.91 Å². The Kier molecular flexibility index (Phi) is 8.39. The first-order valence-electron chi connectivity index (χ1n) is 11.5. The summed E-state index contributed by atoms with van der Waals surface area (Å²) in [7, 11) is 0. The fraction of sp³-hybridized carbons (Fsp3) is 0.346. The van der Waals surface area contributed by atoms with Crippen LogP contribution < -0.4 is 10.6 Å². The standard InChI is InChI=1S/C26H28F3N3O3S/c1-5-32-16(4)21(24(34)35-14-15(2)3)22(31-25(32)36)17-8-12-20(13-9-17)30-23(33)18-6-10-19(11-7-18)26(27,28)29/h6-13,15,22H,5,14H2,1-4H3,(H,30,33)(H,31,36). The van der Waals surface area contributed by atoms with Gasteiger partial charge in [0.15, 0.2) is 5.11 Å². The van der Waals surface area contributed by atoms with Crippen molar-refractivity contribution in [3.63, 3.8) is 0 Å². The maximum absolute atomic E-state index is 13.0. The number of amides is 1. The highest BCUT2D eigenvalue weighted by atomic mass is 32.1. The van der Waals surface area contributed by atoms with Crippen LogP contribution in [0.3, 0.4) is 0 Å². The molecule has 1 aliphatic heterocycles. The molecule has 0 saturated heterocycles. The molecule has 0 radical (unpaired) electrons. The van der Waals surface area contributed by atoms with Crippen LogP contribution in [0.2, 0.25) is 0 Å². The van der Waals surface area contributed by atoms with Gasteiger partial charge in [-0.05, 0) is 73.9 Å². The number of nitrogens with zero attached hydrogens (tertiary/aromatic N) is 1. The number of alkyl halides is 3. The largest absolute Gasteiger partial charge is 0.462 e. The van der Waals surface area contributed by atoms with Gasteiger partial charge in [0.1, 0.15) is 0 Å². The average Bonchev–Trinajstić information content (AvgIpc) is 2.82. The van der Waals surface area contributed by atoms with Crippen LogP contribution in [-0.4, -0.2) is 35.0 Å². The van der Waals surface area contributed by atoms with E-state index in [0.717, 1.165) is 29.8 Å². The van der Waals surface area contributed by atoms with E-state index in [0.29, 0.717) is 28.6 Å². The third-order valence-corrected chi connectivity index (χ3v) is 5.99. The van der Waals surface area contributed by atoms with Gasteiger partial charge in [-0.1, -0.05) is 26.0 Å². The molecule has 1 aliphatic rings. The van der Waals surface area contributed by atoms with Gasteiger partial charge in [-0.3, -0.25) is 4.79 Å². The Morgan fingerprint density at radius 2 is 1.72 bits per heavy atom. The predicted molar refractivity (Wildman–Crippen MR) is 135 cm³/mol. The lowest BCUT2D eigenvalue weighted by molar-refractivity contribution is -0.140. The molecule has 3 rings (SSSR count). The van der Waals surface area contributed by atoms with Crippen molar-refractivity contribution in [1.82, 2.24) is 10.2 Å². The molecule has 2 N–H and O–H groups in total. The molecule has 10 heteroatoms. The topological polar surface area (TPSA) is 70.7 Å². The van der Waals surface area contributed by atoms with E-state index in [-0.39, 0.29) is 18.1 Å². The zero-order valence-electron chi connectivity index (χ0n) is 20.4. The van der Waals surface area contributed by atoms with Crippen LogP contribution in [0.15, 0.2) is 59.8 Å². The quantitative estimate of drug-likeness (QED) is 0.362. The van der Waals surface area contributed by atoms with Gasteiger partial charge in [-0.15, -0.1) is 0 Å². The number of hydrogen-bond donors (Lipinski definition) is 2. The van der Waals surface area contributed by atoms with Crippen molar-refractivity contribution < 1.29 is 27.5 Å². The van der Waals surface area contributed by atoms with Crippen LogP contribution in [0.25, 0.3) is 0 Å². The Hall–Kier alpha value is -3.40. The predicted octanol–water partition coefficient (Wildman–Crippen LogP) is 5.68. The average molecular weight is 520 g/mol. The minimum Gasteiger partial charge on any atom is -0.462 e. The van der Waals surface area contributed by atoms with Crippen molar-refractivity contribution in [3.05, 3.63) is 76.5 Å². The van der Waals surface area contributed by atoms with Crippen LogP contribution >= 0.6 is 12.2 Å². The molecule has 36 heavy (non-hydrogen) atoms. The first-order valence-corrected chi connectivity index (χ1v) is 11.9. The van der Waals surface area contributed by atoms with Gasteiger partial charge >= 0.3 is 12.1 Å². The fourth-order valence-electron chi connectivity index (χ4n) is 3.77. The Bertz CT molecular complexity index is 1160. The molecule has 1 heterocycles. The summed E-state index contributed by atoms with van der Waals surface area (Å²) in [5.74, 6) is -0.791. The summed E-state index contributed by atoms with van der Waals surface area (Å²) in [6.45, 7) is 8.54. The normalized spacial score (nSPS) is 16.2. The third-order valence-electron chi connectivity index (χ3n) is 5.66. The summed E-state index contributed by atoms with van der Waals surface area (Å²) >= 11 is 5.50. The van der Waals surface area contributed by atoms with Gasteiger partial charge in [-0.25, -0.2) is 4.79 Å². The number of anilines is 1. The number of allylic oxidation sites excluding steroid dienone is 1. The lowest BCUT2D eigenvalue weighted by atomic mass is 9.94. The summed E-state index contributed by atoms with van der Waals surface area (Å²) in [5.41, 5.74) is 1.61. The van der Waals surface area contributed by atoms with E-state index >= 15 is 0 Å². The number of halogens is 3. The second-order valence-corrected chi connectivity index (χ2v) is 9.16. The van der Waals surface area contributed by atoms with E-state index in [1.807, 2.05) is 32.6 Å². The summed E-state index contributed by atoms with van der Waals surface area (Å²) in [6.07, 6.45) is -4.47. The number of carbonyl (C=O) groups is 2. The molecule has 1 atom stereocenters. The minimum absolute atomic E-state index is 0.0970. The Balaban J connectivity index is 1.81. The number of benzene rings is 2. The number of rotatable bonds is 7. The van der Waals surface area contributed by atoms with E-state index in [1.54, 1.807) is 24.3 Å². The molecule has 0 saturated carbocycles. The summed E-state index contributed by atoms with van der Waals surface area (Å²) in [4.78, 5) is 27.3. The number of ether oxygens (including phenoxy) is 1. The monoisotopic (exact) mass is 519 g/mol. The second kappa shape index (κ2) is 11.1. The highest BCUT2D eigenvalue weighted by Crippen LogP contribution is 2.32. The van der Waals surface area contributed by atoms with Crippen molar-refractivity contribution in [2.24, 2.45) is 5.92 Å². The van der Waals surface area contributed by atoms with Crippen molar-refractivity contribution in [3.8, 4) is 0 Å². The SMILES string of the molecule is CCN1C(=S)NC(c2ccc(NC(=O)c3ccc(C(F)(F)F)cc3)cc2)C(C(=O)OCC(C)C)=C1C. The Morgan fingerprint density at radius 1 is 1.11 bits per heavy atom. The first kappa shape index (κ1) is 27.2. The van der Waals surface area contributed by atoms with Gasteiger partial charge in [0, 0.05) is 23.5 Å². The highest BCUT2D eigenvalue weighted by Gasteiger charge is 2.34. The number of esters is 1. The Morgan fingerprint density at radius 3 is 2.25 bits per heavy atom. The summed E-state index contributed by atoms with van der Waals surface area (Å²) in [5, 5.41) is 6.36. The molecular weight excluding hydrogens is 491 g/mol. The summed E-state index contributed by atoms with van der Waals surface area (Å²) in [6, 6.07) is 10.2. The zero-order chi connectivity index (χ0) is 26.6. The van der Waals surface area contributed by atoms with Crippen molar-refractivity contribution in [2.45, 2.75) is 39.9 Å². The van der Waals surface area contributed by atoms with Crippen molar-refractivity contribution in [1.29, 1.82) is 0 Å². The van der Waals surface area contributed by atoms with Gasteiger partial charge in [0.05, 0.1) is 23.8 Å². The third kappa shape index (κ3) is 6.23. The van der Waals surface area contributed by atoms with Gasteiger partial charge in [-0.2, -0.15) is 13.2 Å². The Labute approximate surface area is 213 Å². The molecule has 1 amide bonds. The number of carbonyl (C=O) groups excluding carboxylic acids is 2. The highest BCUT2D eigenvalue weighted by molar-refractivity contribution is 7.80. The van der Waals surface area contributed by atoms with Crippen LogP contribution in [0.4, 0.5) is 18.9 Å². The zero-order valence-corrected chi connectivity index (χ0v) is 21.2. The van der Waals surface area contributed by atoms with Crippen LogP contribution in [0.1, 0.15) is 55.2 Å². The minimum atomic E-state index is -4.47. The smallest absolute Gasteiger partial charge is 0.416 e. The molecule has 0 bridgehead atoms. The molecule has 0 aliphatic carbocycles. The van der Waals surface area contributed by atoms with Gasteiger partial charge in [0.2, 0.25) is 0 Å². The van der Waals surface area contributed by atoms with E-state index in [9.17, 15) is 22.8 Å². The molecule has 2 aromatic carbocycles. The molecule has 192 valence electrons. The molecule has 2 aromatic rings. The van der Waals surface area contributed by atoms with E-state index in [4.69, 9.17) is 17.0 Å². The fourth-order valence-corrected chi connectivity index (χ4v) is 4.15. The number of hydrogen-bond acceptors (Lipinski definition) is 4. The molecular formula is C26H28F3N3O3S. The number of thiocarbonyl (C=S) groups is 1. The van der Waals surface area contributed by atoms with Crippen LogP contribution in [0.5, 0.6) is 0 Å². The van der Waals surface area contributed by atoms with E-state index in [2.05, 4.69) is 10.6 Å². The van der Waals surface area contributed by atoms with Crippen LogP contribution in [-0.2, 0) is 15.7 Å². The maximum Gasteiger partial charge on any atom is 0.416 e. The molecule has 0 aromatic heterocycles. The molecule has 1 unspecified atom stereocenters. The lowest BCUT2D eigenvalue weighted by Gasteiger charge is -2.37. The second-order valence-electron chi connectivity index (χ2n) is 8.77. The van der Waals surface area contributed by atoms with Crippen molar-refractivity contribution >= 4 is 34.9 Å². The maximum atomic E-state index is 13.0. The molecule has 0 fully saturated rings. The lowest BCUT2D eigenvalue weighted by Crippen LogP contribution is -2.47. The van der Waals surface area contributed by atoms with Crippen molar-refractivity contribution in [2.75, 3.05) is 18.5 Å². The summed E-state index contributed by atoms with van der Waals surface area (Å²) < 4.78 is 43.8. The number of nitrogens with one attached hydrogen (secondary N) is 2. The van der Waals surface area contributed by atoms with E-state index in [1.165, 1.54) is 0 Å². The molecule has 6 nitrogen and oxygen atoms in total. The van der Waals surface area contributed by atoms with Gasteiger partial charge < -0.3 is 20.3 Å². The van der Waals surface area contributed by atoms with Crippen LogP contribution in [0, 0.1) is 5.92 Å². The van der Waals surface area contributed by atoms with E-state index < -0.39 is 29.7 Å². The molecule has 0 spiro atoms. The first-order chi connectivity index (χ1) is 16.9.